The summed E-state index contributed by atoms with van der Waals surface area (Å²) >= 11 is 3.45. The van der Waals surface area contributed by atoms with Gasteiger partial charge < -0.3 is 15.5 Å². The van der Waals surface area contributed by atoms with E-state index in [1.807, 2.05) is 30.1 Å². The van der Waals surface area contributed by atoms with Gasteiger partial charge in [0, 0.05) is 36.8 Å². The Morgan fingerprint density at radius 1 is 1.44 bits per heavy atom. The summed E-state index contributed by atoms with van der Waals surface area (Å²) in [5.41, 5.74) is 7.55. The number of carbonyl (C=O) groups excluding carboxylic acids is 1. The fraction of sp³-hybridized carbons (Fsp3) is 0.364. The van der Waals surface area contributed by atoms with Crippen LogP contribution < -0.4 is 5.73 Å². The molecule has 2 amide bonds. The lowest BCUT2D eigenvalue weighted by Gasteiger charge is -2.17. The summed E-state index contributed by atoms with van der Waals surface area (Å²) in [5.74, 6) is 0. The molecule has 0 bridgehead atoms. The van der Waals surface area contributed by atoms with Gasteiger partial charge in [0.1, 0.15) is 0 Å². The third-order valence-corrected chi connectivity index (χ3v) is 3.74. The van der Waals surface area contributed by atoms with Crippen LogP contribution in [0.4, 0.5) is 10.5 Å². The molecule has 0 aromatic heterocycles. The molecule has 2 rings (SSSR count). The van der Waals surface area contributed by atoms with E-state index in [0.29, 0.717) is 12.2 Å². The summed E-state index contributed by atoms with van der Waals surface area (Å²) in [4.78, 5) is 15.3. The highest BCUT2D eigenvalue weighted by Crippen LogP contribution is 2.25. The van der Waals surface area contributed by atoms with E-state index in [9.17, 15) is 4.79 Å². The summed E-state index contributed by atoms with van der Waals surface area (Å²) < 4.78 is 0.886. The van der Waals surface area contributed by atoms with E-state index in [0.717, 1.165) is 23.1 Å². The molecule has 1 fully saturated rings. The topological polar surface area (TPSA) is 49.6 Å². The van der Waals surface area contributed by atoms with Gasteiger partial charge in [0.15, 0.2) is 0 Å². The lowest BCUT2D eigenvalue weighted by molar-refractivity contribution is 0.197. The molecule has 1 saturated heterocycles. The minimum absolute atomic E-state index is 0.0781. The SMILES string of the molecule is CN1CCN(Cc2cccc(N)c2Br)C1=O. The number of hydrogen-bond acceptors (Lipinski definition) is 2. The average Bonchev–Trinajstić information content (AvgIpc) is 2.57. The Bertz CT molecular complexity index is 422. The van der Waals surface area contributed by atoms with Crippen molar-refractivity contribution in [3.05, 3.63) is 28.2 Å². The van der Waals surface area contributed by atoms with Gasteiger partial charge in [-0.2, -0.15) is 0 Å². The number of hydrogen-bond donors (Lipinski definition) is 1. The fourth-order valence-corrected chi connectivity index (χ4v) is 2.17. The minimum atomic E-state index is 0.0781. The zero-order chi connectivity index (χ0) is 11.7. The van der Waals surface area contributed by atoms with Crippen molar-refractivity contribution in [2.24, 2.45) is 0 Å². The molecule has 5 heteroatoms. The smallest absolute Gasteiger partial charge is 0.320 e. The minimum Gasteiger partial charge on any atom is -0.398 e. The Hall–Kier alpha value is -1.23. The van der Waals surface area contributed by atoms with Gasteiger partial charge in [0.05, 0.1) is 0 Å². The second kappa shape index (κ2) is 4.33. The van der Waals surface area contributed by atoms with Gasteiger partial charge >= 0.3 is 6.03 Å². The molecule has 0 spiro atoms. The van der Waals surface area contributed by atoms with Crippen LogP contribution in [0, 0.1) is 0 Å². The maximum atomic E-state index is 11.7. The molecular weight excluding hydrogens is 270 g/mol. The molecule has 1 heterocycles. The predicted molar refractivity (Wildman–Crippen MR) is 67.0 cm³/mol. The average molecular weight is 284 g/mol. The number of nitrogen functional groups attached to an aromatic ring is 1. The van der Waals surface area contributed by atoms with Crippen LogP contribution in [-0.4, -0.2) is 36.0 Å². The van der Waals surface area contributed by atoms with Crippen LogP contribution >= 0.6 is 15.9 Å². The maximum absolute atomic E-state index is 11.7. The van der Waals surface area contributed by atoms with E-state index < -0.39 is 0 Å². The highest BCUT2D eigenvalue weighted by molar-refractivity contribution is 9.10. The van der Waals surface area contributed by atoms with E-state index in [1.54, 1.807) is 4.90 Å². The summed E-state index contributed by atoms with van der Waals surface area (Å²) in [6.07, 6.45) is 0. The first-order valence-electron chi connectivity index (χ1n) is 5.12. The zero-order valence-electron chi connectivity index (χ0n) is 9.11. The van der Waals surface area contributed by atoms with Crippen LogP contribution in [0.15, 0.2) is 22.7 Å². The van der Waals surface area contributed by atoms with E-state index in [2.05, 4.69) is 15.9 Å². The van der Waals surface area contributed by atoms with Crippen molar-refractivity contribution in [2.45, 2.75) is 6.54 Å². The highest BCUT2D eigenvalue weighted by atomic mass is 79.9. The third-order valence-electron chi connectivity index (χ3n) is 2.77. The molecule has 1 aromatic carbocycles. The van der Waals surface area contributed by atoms with E-state index in [1.165, 1.54) is 0 Å². The summed E-state index contributed by atoms with van der Waals surface area (Å²) in [6.45, 7) is 2.17. The fourth-order valence-electron chi connectivity index (χ4n) is 1.78. The number of benzene rings is 1. The normalized spacial score (nSPS) is 16.0. The lowest BCUT2D eigenvalue weighted by Crippen LogP contribution is -2.29. The van der Waals surface area contributed by atoms with Crippen LogP contribution in [-0.2, 0) is 6.54 Å². The van der Waals surface area contributed by atoms with E-state index in [-0.39, 0.29) is 6.03 Å². The molecule has 0 aliphatic carbocycles. The third kappa shape index (κ3) is 2.00. The van der Waals surface area contributed by atoms with Gasteiger partial charge in [-0.25, -0.2) is 4.79 Å². The number of likely N-dealkylation sites (N-methyl/N-ethyl adjacent to an activating group) is 1. The quantitative estimate of drug-likeness (QED) is 0.843. The zero-order valence-corrected chi connectivity index (χ0v) is 10.7. The summed E-state index contributed by atoms with van der Waals surface area (Å²) in [6, 6.07) is 5.80. The monoisotopic (exact) mass is 283 g/mol. The Balaban J connectivity index is 2.16. The standard InChI is InChI=1S/C11H14BrN3O/c1-14-5-6-15(11(14)16)7-8-3-2-4-9(13)10(8)12/h2-4H,5-7,13H2,1H3. The van der Waals surface area contributed by atoms with E-state index in [4.69, 9.17) is 5.73 Å². The molecule has 4 nitrogen and oxygen atoms in total. The largest absolute Gasteiger partial charge is 0.398 e. The van der Waals surface area contributed by atoms with Gasteiger partial charge in [-0.05, 0) is 27.6 Å². The van der Waals surface area contributed by atoms with Gasteiger partial charge in [-0.3, -0.25) is 0 Å². The van der Waals surface area contributed by atoms with Crippen molar-refractivity contribution < 1.29 is 4.79 Å². The Morgan fingerprint density at radius 2 is 2.19 bits per heavy atom. The van der Waals surface area contributed by atoms with Crippen LogP contribution in [0.3, 0.4) is 0 Å². The first-order valence-corrected chi connectivity index (χ1v) is 5.92. The number of urea groups is 1. The molecule has 86 valence electrons. The molecule has 2 N–H and O–H groups in total. The Kier molecular flexibility index (Phi) is 3.05. The first kappa shape index (κ1) is 11.3. The molecule has 0 unspecified atom stereocenters. The van der Waals surface area contributed by atoms with Crippen LogP contribution in [0.25, 0.3) is 0 Å². The van der Waals surface area contributed by atoms with E-state index >= 15 is 0 Å². The number of carbonyl (C=O) groups is 1. The van der Waals surface area contributed by atoms with Crippen LogP contribution in [0.1, 0.15) is 5.56 Å². The summed E-state index contributed by atoms with van der Waals surface area (Å²) in [7, 11) is 1.82. The molecule has 1 aromatic rings. The summed E-state index contributed by atoms with van der Waals surface area (Å²) in [5, 5.41) is 0. The van der Waals surface area contributed by atoms with Crippen molar-refractivity contribution >= 4 is 27.6 Å². The van der Waals surface area contributed by atoms with Gasteiger partial charge in [0.2, 0.25) is 0 Å². The molecule has 0 radical (unpaired) electrons. The number of amides is 2. The second-order valence-electron chi connectivity index (χ2n) is 3.95. The van der Waals surface area contributed by atoms with Crippen molar-refractivity contribution in [1.82, 2.24) is 9.80 Å². The Morgan fingerprint density at radius 3 is 2.81 bits per heavy atom. The predicted octanol–water partition coefficient (Wildman–Crippen LogP) is 1.90. The van der Waals surface area contributed by atoms with Crippen molar-refractivity contribution in [3.8, 4) is 0 Å². The number of anilines is 1. The maximum Gasteiger partial charge on any atom is 0.320 e. The molecular formula is C11H14BrN3O. The molecule has 1 aliphatic rings. The number of rotatable bonds is 2. The molecule has 16 heavy (non-hydrogen) atoms. The number of halogens is 1. The van der Waals surface area contributed by atoms with Crippen molar-refractivity contribution in [3.63, 3.8) is 0 Å². The lowest BCUT2D eigenvalue weighted by atomic mass is 10.2. The number of nitrogens with two attached hydrogens (primary N) is 1. The number of nitrogens with zero attached hydrogens (tertiary/aromatic N) is 2. The van der Waals surface area contributed by atoms with Gasteiger partial charge in [-0.15, -0.1) is 0 Å². The molecule has 0 saturated carbocycles. The highest BCUT2D eigenvalue weighted by Gasteiger charge is 2.25. The van der Waals surface area contributed by atoms with Crippen molar-refractivity contribution in [2.75, 3.05) is 25.9 Å². The van der Waals surface area contributed by atoms with Crippen LogP contribution in [0.2, 0.25) is 0 Å². The van der Waals surface area contributed by atoms with Crippen LogP contribution in [0.5, 0.6) is 0 Å². The van der Waals surface area contributed by atoms with Gasteiger partial charge in [0.25, 0.3) is 0 Å². The molecule has 0 atom stereocenters. The molecule has 1 aliphatic heterocycles. The first-order chi connectivity index (χ1) is 7.59. The Labute approximate surface area is 103 Å². The van der Waals surface area contributed by atoms with Gasteiger partial charge in [-0.1, -0.05) is 12.1 Å². The van der Waals surface area contributed by atoms with Crippen molar-refractivity contribution in [1.29, 1.82) is 0 Å². The second-order valence-corrected chi connectivity index (χ2v) is 4.74.